The second kappa shape index (κ2) is 11.9. The fourth-order valence-corrected chi connectivity index (χ4v) is 6.01. The Morgan fingerprint density at radius 2 is 1.80 bits per heavy atom. The van der Waals surface area contributed by atoms with Crippen molar-refractivity contribution >= 4 is 23.6 Å². The highest BCUT2D eigenvalue weighted by atomic mass is 35.5. The zero-order valence-corrected chi connectivity index (χ0v) is 24.6. The number of carbonyl (C=O) groups is 2. The molecule has 3 aromatic rings. The predicted molar refractivity (Wildman–Crippen MR) is 152 cm³/mol. The minimum Gasteiger partial charge on any atom is -0.480 e. The van der Waals surface area contributed by atoms with Crippen LogP contribution in [0.1, 0.15) is 80.3 Å². The normalized spacial score (nSPS) is 20.2. The van der Waals surface area contributed by atoms with Crippen LogP contribution in [0.25, 0.3) is 11.4 Å². The van der Waals surface area contributed by atoms with Crippen molar-refractivity contribution in [2.75, 3.05) is 20.8 Å². The molecule has 11 nitrogen and oxygen atoms in total. The number of rotatable bonds is 8. The predicted octanol–water partition coefficient (Wildman–Crippen LogP) is 5.19. The van der Waals surface area contributed by atoms with Gasteiger partial charge in [-0.25, -0.2) is 14.8 Å². The van der Waals surface area contributed by atoms with Gasteiger partial charge in [-0.05, 0) is 64.2 Å². The van der Waals surface area contributed by atoms with E-state index < -0.39 is 6.09 Å². The van der Waals surface area contributed by atoms with Crippen molar-refractivity contribution in [1.29, 1.82) is 0 Å². The van der Waals surface area contributed by atoms with Gasteiger partial charge in [0.25, 0.3) is 5.91 Å². The number of amides is 2. The summed E-state index contributed by atoms with van der Waals surface area (Å²) in [5, 5.41) is 3.56. The van der Waals surface area contributed by atoms with Gasteiger partial charge >= 0.3 is 12.1 Å². The van der Waals surface area contributed by atoms with Gasteiger partial charge < -0.3 is 29.0 Å². The Kier molecular flexibility index (Phi) is 8.35. The monoisotopic (exact) mass is 582 g/mol. The van der Waals surface area contributed by atoms with Crippen molar-refractivity contribution in [3.63, 3.8) is 0 Å². The van der Waals surface area contributed by atoms with E-state index >= 15 is 0 Å². The third-order valence-electron chi connectivity index (χ3n) is 7.66. The smallest absolute Gasteiger partial charge is 0.407 e. The molecule has 1 aliphatic heterocycles. The van der Waals surface area contributed by atoms with E-state index in [2.05, 4.69) is 33.7 Å². The fraction of sp³-hybridized carbons (Fsp3) is 0.483. The van der Waals surface area contributed by atoms with Gasteiger partial charge in [0.15, 0.2) is 5.69 Å². The highest BCUT2D eigenvalue weighted by Gasteiger charge is 2.47. The first kappa shape index (κ1) is 28.7. The highest BCUT2D eigenvalue weighted by Crippen LogP contribution is 2.46. The molecule has 2 amide bonds. The van der Waals surface area contributed by atoms with Crippen LogP contribution < -0.4 is 14.8 Å². The Balaban J connectivity index is 1.56. The number of carbonyl (C=O) groups excluding carboxylic acids is 2. The first-order valence-electron chi connectivity index (χ1n) is 13.9. The maximum absolute atomic E-state index is 14.2. The molecule has 0 saturated heterocycles. The van der Waals surface area contributed by atoms with E-state index in [1.54, 1.807) is 13.1 Å². The Morgan fingerprint density at radius 3 is 2.41 bits per heavy atom. The maximum atomic E-state index is 14.2. The lowest BCUT2D eigenvalue weighted by Gasteiger charge is -2.38. The van der Waals surface area contributed by atoms with Crippen LogP contribution in [0.4, 0.5) is 4.79 Å². The molecule has 1 atom stereocenters. The minimum atomic E-state index is -0.403. The summed E-state index contributed by atoms with van der Waals surface area (Å²) in [5.41, 5.74) is 2.72. The van der Waals surface area contributed by atoms with Gasteiger partial charge in [0, 0.05) is 29.3 Å². The number of nitrogens with one attached hydrogen (secondary N) is 1. The average Bonchev–Trinajstić information content (AvgIpc) is 3.49. The van der Waals surface area contributed by atoms with Gasteiger partial charge in [-0.1, -0.05) is 23.7 Å². The number of benzene rings is 1. The molecule has 0 radical (unpaired) electrons. The number of nitrogens with zero attached hydrogens (tertiary/aromatic N) is 5. The van der Waals surface area contributed by atoms with Gasteiger partial charge in [0.1, 0.15) is 11.9 Å². The number of aromatic nitrogens is 4. The van der Waals surface area contributed by atoms with Gasteiger partial charge in [0.2, 0.25) is 5.88 Å². The number of hydrogen-bond acceptors (Lipinski definition) is 8. The molecular formula is C29H35ClN6O5. The van der Waals surface area contributed by atoms with E-state index in [1.165, 1.54) is 14.2 Å². The van der Waals surface area contributed by atoms with Crippen molar-refractivity contribution < 1.29 is 23.8 Å². The average molecular weight is 583 g/mol. The Morgan fingerprint density at radius 1 is 1.10 bits per heavy atom. The van der Waals surface area contributed by atoms with Crippen molar-refractivity contribution in [1.82, 2.24) is 29.7 Å². The molecule has 1 saturated carbocycles. The van der Waals surface area contributed by atoms with Crippen LogP contribution in [0.15, 0.2) is 30.5 Å². The number of imidazole rings is 1. The van der Waals surface area contributed by atoms with Gasteiger partial charge in [-0.2, -0.15) is 4.98 Å². The summed E-state index contributed by atoms with van der Waals surface area (Å²) in [4.78, 5) is 41.7. The maximum Gasteiger partial charge on any atom is 0.407 e. The molecule has 12 heteroatoms. The topological polar surface area (TPSA) is 121 Å². The highest BCUT2D eigenvalue weighted by molar-refractivity contribution is 6.30. The van der Waals surface area contributed by atoms with E-state index in [4.69, 9.17) is 30.8 Å². The van der Waals surface area contributed by atoms with Gasteiger partial charge in [0.05, 0.1) is 32.1 Å². The number of fused-ring (bicyclic) bond motifs is 1. The lowest BCUT2D eigenvalue weighted by Crippen LogP contribution is -2.46. The van der Waals surface area contributed by atoms with Crippen LogP contribution >= 0.6 is 11.6 Å². The first-order chi connectivity index (χ1) is 19.8. The Labute approximate surface area is 244 Å². The fourth-order valence-electron chi connectivity index (χ4n) is 5.88. The quantitative estimate of drug-likeness (QED) is 0.385. The molecule has 5 rings (SSSR count). The number of alkyl carbamates (subject to hydrolysis) is 1. The number of halogens is 1. The van der Waals surface area contributed by atoms with E-state index in [1.807, 2.05) is 29.2 Å². The van der Waals surface area contributed by atoms with Crippen molar-refractivity contribution in [2.24, 2.45) is 0 Å². The molecule has 0 spiro atoms. The summed E-state index contributed by atoms with van der Waals surface area (Å²) in [6.07, 6.45) is 4.18. The molecule has 0 bridgehead atoms. The summed E-state index contributed by atoms with van der Waals surface area (Å²) in [6.45, 7) is 6.22. The molecule has 1 fully saturated rings. The lowest BCUT2D eigenvalue weighted by molar-refractivity contribution is 0.0582. The van der Waals surface area contributed by atoms with Crippen LogP contribution in [-0.4, -0.2) is 69.3 Å². The SMILES string of the molecule is CCOC(=O)NC1CCC(N2C(=O)c3nc(-c4cnc(OC)nc4OC)n(C(C)C)c3C2c2ccc(Cl)cc2)CC1. The number of hydrogen-bond donors (Lipinski definition) is 1. The number of methoxy groups -OCH3 is 2. The molecule has 1 aromatic carbocycles. The molecule has 3 heterocycles. The summed E-state index contributed by atoms with van der Waals surface area (Å²) in [5.74, 6) is 0.733. The van der Waals surface area contributed by atoms with Gasteiger partial charge in [-0.15, -0.1) is 0 Å². The molecule has 1 aliphatic carbocycles. The molecule has 1 N–H and O–H groups in total. The summed E-state index contributed by atoms with van der Waals surface area (Å²) in [7, 11) is 3.01. The van der Waals surface area contributed by atoms with E-state index in [0.29, 0.717) is 34.6 Å². The largest absolute Gasteiger partial charge is 0.480 e. The van der Waals surface area contributed by atoms with Crippen LogP contribution in [0.5, 0.6) is 11.9 Å². The molecule has 218 valence electrons. The Hall–Kier alpha value is -3.86. The van der Waals surface area contributed by atoms with Crippen LogP contribution in [0, 0.1) is 0 Å². The third kappa shape index (κ3) is 5.42. The minimum absolute atomic E-state index is 0.0103. The molecule has 41 heavy (non-hydrogen) atoms. The molecule has 2 aromatic heterocycles. The lowest BCUT2D eigenvalue weighted by atomic mass is 9.89. The standard InChI is InChI=1S/C29H35ClN6O5/c1-6-41-29(38)32-19-11-13-20(14-12-19)36-23(17-7-9-18(30)10-8-17)24-22(27(36)37)33-25(35(24)16(2)3)21-15-31-28(40-5)34-26(21)39-4/h7-10,15-16,19-20,23H,6,11-14H2,1-5H3,(H,32,38). The third-order valence-corrected chi connectivity index (χ3v) is 7.91. The van der Waals surface area contributed by atoms with Crippen molar-refractivity contribution in [3.8, 4) is 23.3 Å². The second-order valence-corrected chi connectivity index (χ2v) is 10.9. The molecular weight excluding hydrogens is 548 g/mol. The van der Waals surface area contributed by atoms with Crippen LogP contribution in [0.2, 0.25) is 5.02 Å². The summed E-state index contributed by atoms with van der Waals surface area (Å²) in [6, 6.07) is 7.36. The van der Waals surface area contributed by atoms with Crippen molar-refractivity contribution in [3.05, 3.63) is 52.4 Å². The van der Waals surface area contributed by atoms with Crippen LogP contribution in [-0.2, 0) is 4.74 Å². The van der Waals surface area contributed by atoms with E-state index in [0.717, 1.165) is 36.9 Å². The van der Waals surface area contributed by atoms with Crippen LogP contribution in [0.3, 0.4) is 0 Å². The first-order valence-corrected chi connectivity index (χ1v) is 14.2. The van der Waals surface area contributed by atoms with E-state index in [9.17, 15) is 9.59 Å². The summed E-state index contributed by atoms with van der Waals surface area (Å²) < 4.78 is 17.9. The molecule has 1 unspecified atom stereocenters. The summed E-state index contributed by atoms with van der Waals surface area (Å²) >= 11 is 6.26. The van der Waals surface area contributed by atoms with Gasteiger partial charge in [-0.3, -0.25) is 4.79 Å². The molecule has 2 aliphatic rings. The zero-order valence-electron chi connectivity index (χ0n) is 23.9. The second-order valence-electron chi connectivity index (χ2n) is 10.4. The zero-order chi connectivity index (χ0) is 29.3. The number of ether oxygens (including phenoxy) is 3. The Bertz CT molecular complexity index is 1420. The van der Waals surface area contributed by atoms with Crippen molar-refractivity contribution in [2.45, 2.75) is 70.6 Å². The van der Waals surface area contributed by atoms with E-state index in [-0.39, 0.29) is 36.1 Å².